The Balaban J connectivity index is 2.18. The van der Waals surface area contributed by atoms with Gasteiger partial charge in [0, 0.05) is 16.1 Å². The van der Waals surface area contributed by atoms with Crippen molar-refractivity contribution in [3.8, 4) is 10.4 Å². The van der Waals surface area contributed by atoms with Gasteiger partial charge in [-0.2, -0.15) is 0 Å². The lowest BCUT2D eigenvalue weighted by Crippen LogP contribution is -2.37. The van der Waals surface area contributed by atoms with Gasteiger partial charge in [0.15, 0.2) is 0 Å². The van der Waals surface area contributed by atoms with Gasteiger partial charge in [0.05, 0.1) is 12.5 Å². The summed E-state index contributed by atoms with van der Waals surface area (Å²) < 4.78 is 0. The number of anilines is 1. The number of thiophene rings is 1. The van der Waals surface area contributed by atoms with Crippen molar-refractivity contribution in [2.45, 2.75) is 12.5 Å². The maximum atomic E-state index is 11.9. The van der Waals surface area contributed by atoms with Crippen molar-refractivity contribution in [2.24, 2.45) is 5.73 Å². The van der Waals surface area contributed by atoms with Gasteiger partial charge in [0.1, 0.15) is 0 Å². The molecule has 0 bridgehead atoms. The van der Waals surface area contributed by atoms with Gasteiger partial charge in [-0.25, -0.2) is 0 Å². The monoisotopic (exact) mass is 290 g/mol. The van der Waals surface area contributed by atoms with E-state index in [2.05, 4.69) is 5.32 Å². The first-order chi connectivity index (χ1) is 9.58. The van der Waals surface area contributed by atoms with Crippen molar-refractivity contribution < 1.29 is 14.7 Å². The average molecular weight is 290 g/mol. The third-order valence-electron chi connectivity index (χ3n) is 2.70. The molecule has 0 aliphatic carbocycles. The van der Waals surface area contributed by atoms with E-state index < -0.39 is 24.3 Å². The SMILES string of the molecule is NC(CC(=O)O)C(=O)Nc1ccccc1-c1cccs1. The maximum Gasteiger partial charge on any atom is 0.305 e. The van der Waals surface area contributed by atoms with E-state index >= 15 is 0 Å². The minimum absolute atomic E-state index is 0.396. The lowest BCUT2D eigenvalue weighted by Gasteiger charge is -2.13. The summed E-state index contributed by atoms with van der Waals surface area (Å²) in [5, 5.41) is 13.3. The van der Waals surface area contributed by atoms with Crippen molar-refractivity contribution in [1.82, 2.24) is 0 Å². The number of para-hydroxylation sites is 1. The van der Waals surface area contributed by atoms with Crippen LogP contribution < -0.4 is 11.1 Å². The first-order valence-electron chi connectivity index (χ1n) is 5.99. The van der Waals surface area contributed by atoms with Crippen molar-refractivity contribution in [3.05, 3.63) is 41.8 Å². The van der Waals surface area contributed by atoms with Crippen LogP contribution in [-0.2, 0) is 9.59 Å². The van der Waals surface area contributed by atoms with Gasteiger partial charge in [-0.15, -0.1) is 11.3 Å². The van der Waals surface area contributed by atoms with Crippen molar-refractivity contribution >= 4 is 28.9 Å². The zero-order valence-electron chi connectivity index (χ0n) is 10.6. The van der Waals surface area contributed by atoms with Crippen LogP contribution in [0.25, 0.3) is 10.4 Å². The molecule has 1 aromatic heterocycles. The number of carbonyl (C=O) groups excluding carboxylic acids is 1. The zero-order chi connectivity index (χ0) is 14.5. The molecule has 4 N–H and O–H groups in total. The van der Waals surface area contributed by atoms with Crippen LogP contribution in [0.2, 0.25) is 0 Å². The molecule has 104 valence electrons. The fourth-order valence-corrected chi connectivity index (χ4v) is 2.51. The summed E-state index contributed by atoms with van der Waals surface area (Å²) in [5.74, 6) is -1.60. The van der Waals surface area contributed by atoms with Crippen LogP contribution in [0.15, 0.2) is 41.8 Å². The molecule has 0 aliphatic heterocycles. The molecule has 2 rings (SSSR count). The third-order valence-corrected chi connectivity index (χ3v) is 3.61. The van der Waals surface area contributed by atoms with Crippen LogP contribution in [0.1, 0.15) is 6.42 Å². The van der Waals surface area contributed by atoms with E-state index in [-0.39, 0.29) is 0 Å². The summed E-state index contributed by atoms with van der Waals surface area (Å²) in [6.45, 7) is 0. The Labute approximate surface area is 120 Å². The number of aliphatic carboxylic acids is 1. The topological polar surface area (TPSA) is 92.4 Å². The van der Waals surface area contributed by atoms with Gasteiger partial charge in [-0.05, 0) is 17.5 Å². The van der Waals surface area contributed by atoms with Gasteiger partial charge in [0.25, 0.3) is 0 Å². The van der Waals surface area contributed by atoms with E-state index in [0.717, 1.165) is 10.4 Å². The van der Waals surface area contributed by atoms with Gasteiger partial charge in [-0.3, -0.25) is 9.59 Å². The van der Waals surface area contributed by atoms with Crippen molar-refractivity contribution in [1.29, 1.82) is 0 Å². The molecule has 1 atom stereocenters. The molecule has 0 aliphatic rings. The molecular weight excluding hydrogens is 276 g/mol. The summed E-state index contributed by atoms with van der Waals surface area (Å²) in [7, 11) is 0. The number of benzene rings is 1. The van der Waals surface area contributed by atoms with Crippen LogP contribution in [-0.4, -0.2) is 23.0 Å². The fraction of sp³-hybridized carbons (Fsp3) is 0.143. The van der Waals surface area contributed by atoms with Crippen LogP contribution in [0.3, 0.4) is 0 Å². The van der Waals surface area contributed by atoms with Gasteiger partial charge >= 0.3 is 5.97 Å². The second kappa shape index (κ2) is 6.31. The minimum atomic E-state index is -1.10. The number of amides is 1. The molecule has 6 heteroatoms. The van der Waals surface area contributed by atoms with E-state index in [4.69, 9.17) is 10.8 Å². The summed E-state index contributed by atoms with van der Waals surface area (Å²) in [6.07, 6.45) is -0.396. The Morgan fingerprint density at radius 3 is 2.65 bits per heavy atom. The molecule has 5 nitrogen and oxygen atoms in total. The zero-order valence-corrected chi connectivity index (χ0v) is 11.4. The second-order valence-electron chi connectivity index (χ2n) is 4.22. The highest BCUT2D eigenvalue weighted by atomic mass is 32.1. The minimum Gasteiger partial charge on any atom is -0.481 e. The van der Waals surface area contributed by atoms with Crippen molar-refractivity contribution in [2.75, 3.05) is 5.32 Å². The van der Waals surface area contributed by atoms with E-state index in [0.29, 0.717) is 5.69 Å². The largest absolute Gasteiger partial charge is 0.481 e. The van der Waals surface area contributed by atoms with Crippen LogP contribution in [0, 0.1) is 0 Å². The predicted octanol–water partition coefficient (Wildman–Crippen LogP) is 2.16. The Kier molecular flexibility index (Phi) is 4.49. The van der Waals surface area contributed by atoms with Gasteiger partial charge in [0.2, 0.25) is 5.91 Å². The van der Waals surface area contributed by atoms with Crippen LogP contribution in [0.4, 0.5) is 5.69 Å². The standard InChI is InChI=1S/C14H14N2O3S/c15-10(8-13(17)18)14(19)16-11-5-2-1-4-9(11)12-6-3-7-20-12/h1-7,10H,8,15H2,(H,16,19)(H,17,18). The first-order valence-corrected chi connectivity index (χ1v) is 6.87. The van der Waals surface area contributed by atoms with Gasteiger partial charge < -0.3 is 16.2 Å². The van der Waals surface area contributed by atoms with Gasteiger partial charge in [-0.1, -0.05) is 24.3 Å². The molecule has 0 spiro atoms. The second-order valence-corrected chi connectivity index (χ2v) is 5.16. The molecule has 0 saturated carbocycles. The summed E-state index contributed by atoms with van der Waals surface area (Å²) in [6, 6.07) is 10.1. The van der Waals surface area contributed by atoms with Crippen LogP contribution >= 0.6 is 11.3 Å². The number of nitrogens with one attached hydrogen (secondary N) is 1. The fourth-order valence-electron chi connectivity index (χ4n) is 1.75. The third kappa shape index (κ3) is 3.43. The highest BCUT2D eigenvalue weighted by Crippen LogP contribution is 2.31. The first kappa shape index (κ1) is 14.2. The summed E-state index contributed by atoms with van der Waals surface area (Å²) >= 11 is 1.56. The Bertz CT molecular complexity index is 611. The highest BCUT2D eigenvalue weighted by molar-refractivity contribution is 7.13. The summed E-state index contributed by atoms with van der Waals surface area (Å²) in [5.41, 5.74) is 7.06. The van der Waals surface area contributed by atoms with Crippen molar-refractivity contribution in [3.63, 3.8) is 0 Å². The molecule has 20 heavy (non-hydrogen) atoms. The maximum absolute atomic E-state index is 11.9. The molecule has 0 saturated heterocycles. The van der Waals surface area contributed by atoms with E-state index in [1.165, 1.54) is 0 Å². The number of hydrogen-bond donors (Lipinski definition) is 3. The molecule has 0 fully saturated rings. The van der Waals surface area contributed by atoms with Crippen LogP contribution in [0.5, 0.6) is 0 Å². The normalized spacial score (nSPS) is 11.8. The average Bonchev–Trinajstić information content (AvgIpc) is 2.92. The highest BCUT2D eigenvalue weighted by Gasteiger charge is 2.18. The molecule has 2 aromatic rings. The molecule has 1 heterocycles. The molecule has 1 aromatic carbocycles. The molecule has 0 radical (unpaired) electrons. The number of hydrogen-bond acceptors (Lipinski definition) is 4. The smallest absolute Gasteiger partial charge is 0.305 e. The number of carbonyl (C=O) groups is 2. The number of carboxylic acid groups (broad SMARTS) is 1. The lowest BCUT2D eigenvalue weighted by atomic mass is 10.1. The number of carboxylic acids is 1. The Morgan fingerprint density at radius 2 is 2.00 bits per heavy atom. The molecular formula is C14H14N2O3S. The van der Waals surface area contributed by atoms with E-state index in [9.17, 15) is 9.59 Å². The lowest BCUT2D eigenvalue weighted by molar-refractivity contribution is -0.138. The number of rotatable bonds is 5. The Hall–Kier alpha value is -2.18. The molecule has 1 amide bonds. The number of nitrogens with two attached hydrogens (primary N) is 1. The quantitative estimate of drug-likeness (QED) is 0.786. The predicted molar refractivity (Wildman–Crippen MR) is 78.6 cm³/mol. The molecule has 1 unspecified atom stereocenters. The Morgan fingerprint density at radius 1 is 1.25 bits per heavy atom. The van der Waals surface area contributed by atoms with E-state index in [1.807, 2.05) is 29.6 Å². The summed E-state index contributed by atoms with van der Waals surface area (Å²) in [4.78, 5) is 23.5. The van der Waals surface area contributed by atoms with E-state index in [1.54, 1.807) is 23.5 Å².